The largest absolute Gasteiger partial charge is 0.480 e. The lowest BCUT2D eigenvalue weighted by atomic mass is 10.0. The van der Waals surface area contributed by atoms with Gasteiger partial charge in [0.05, 0.1) is 11.4 Å². The molecule has 0 bridgehead atoms. The highest BCUT2D eigenvalue weighted by atomic mass is 32.2. The molecule has 2 aromatic rings. The molecule has 4 N–H and O–H groups in total. The number of hydrogen-bond acceptors (Lipinski definition) is 7. The Morgan fingerprint density at radius 2 is 1.89 bits per heavy atom. The Balaban J connectivity index is 1.48. The summed E-state index contributed by atoms with van der Waals surface area (Å²) in [6.45, 7) is 2.31. The molecule has 12 heteroatoms. The average molecular weight is 548 g/mol. The van der Waals surface area contributed by atoms with E-state index in [1.807, 2.05) is 37.3 Å². The Morgan fingerprint density at radius 3 is 2.61 bits per heavy atom. The Kier molecular flexibility index (Phi) is 10.5. The number of benzene rings is 2. The predicted molar refractivity (Wildman–Crippen MR) is 140 cm³/mol. The number of hydrogen-bond donors (Lipinski definition) is 4. The van der Waals surface area contributed by atoms with E-state index < -0.39 is 34.2 Å². The highest BCUT2D eigenvalue weighted by Crippen LogP contribution is 2.32. The lowest BCUT2D eigenvalue weighted by molar-refractivity contribution is -0.139. The van der Waals surface area contributed by atoms with E-state index >= 15 is 0 Å². The zero-order valence-corrected chi connectivity index (χ0v) is 22.0. The van der Waals surface area contributed by atoms with Crippen molar-refractivity contribution >= 4 is 33.7 Å². The number of amides is 2. The molecular formula is C26H33N3O8S. The number of aliphatic carboxylic acids is 1. The minimum Gasteiger partial charge on any atom is -0.480 e. The molecule has 1 aliphatic rings. The molecule has 3 rings (SSSR count). The van der Waals surface area contributed by atoms with Gasteiger partial charge in [0.1, 0.15) is 18.4 Å². The number of carbonyl (C=O) groups excluding carboxylic acids is 2. The number of anilines is 1. The van der Waals surface area contributed by atoms with Crippen LogP contribution in [-0.2, 0) is 37.4 Å². The third-order valence-corrected chi connectivity index (χ3v) is 7.28. The van der Waals surface area contributed by atoms with Crippen molar-refractivity contribution in [3.63, 3.8) is 0 Å². The van der Waals surface area contributed by atoms with Gasteiger partial charge in [-0.15, -0.1) is 0 Å². The molecule has 11 nitrogen and oxygen atoms in total. The standard InChI is InChI=1S/C26H33N3O8S/c1-2-3-14-38(34,35)29-21(25(31)32)16-19-11-12-22-20(15-19)28-24(30)23(37-22)10-7-13-27-26(33)36-17-18-8-5-4-6-9-18/h4-6,8-9,11-12,15,21,23,29H,2-3,7,10,13-14,16-17H2,1H3,(H,27,33)(H,28,30)(H,31,32)/t21-,23+/m0/s1. The van der Waals surface area contributed by atoms with E-state index in [0.29, 0.717) is 49.2 Å². The van der Waals surface area contributed by atoms with Crippen LogP contribution in [0.4, 0.5) is 10.5 Å². The average Bonchev–Trinajstić information content (AvgIpc) is 2.89. The van der Waals surface area contributed by atoms with Crippen LogP contribution in [0, 0.1) is 0 Å². The third kappa shape index (κ3) is 9.03. The number of alkyl carbamates (subject to hydrolysis) is 1. The van der Waals surface area contributed by atoms with E-state index in [2.05, 4.69) is 15.4 Å². The predicted octanol–water partition coefficient (Wildman–Crippen LogP) is 2.81. The molecule has 0 saturated heterocycles. The molecule has 38 heavy (non-hydrogen) atoms. The van der Waals surface area contributed by atoms with Crippen LogP contribution in [0.5, 0.6) is 5.75 Å². The topological polar surface area (TPSA) is 160 Å². The fourth-order valence-corrected chi connectivity index (χ4v) is 5.20. The Morgan fingerprint density at radius 1 is 1.13 bits per heavy atom. The van der Waals surface area contributed by atoms with Gasteiger partial charge in [0.2, 0.25) is 10.0 Å². The minimum atomic E-state index is -3.73. The van der Waals surface area contributed by atoms with Crippen LogP contribution in [0.3, 0.4) is 0 Å². The molecule has 0 aliphatic carbocycles. The second-order valence-electron chi connectivity index (χ2n) is 8.94. The Bertz CT molecular complexity index is 1220. The number of carboxylic acid groups (broad SMARTS) is 1. The molecule has 2 aromatic carbocycles. The van der Waals surface area contributed by atoms with E-state index in [9.17, 15) is 27.9 Å². The molecule has 0 unspecified atom stereocenters. The number of carbonyl (C=O) groups is 3. The highest BCUT2D eigenvalue weighted by Gasteiger charge is 2.29. The third-order valence-electron chi connectivity index (χ3n) is 5.82. The SMILES string of the molecule is CCCCS(=O)(=O)N[C@@H](Cc1ccc2c(c1)NC(=O)[C@@H](CCCNC(=O)OCc1ccccc1)O2)C(=O)O. The smallest absolute Gasteiger partial charge is 0.407 e. The molecule has 2 atom stereocenters. The van der Waals surface area contributed by atoms with Crippen LogP contribution >= 0.6 is 0 Å². The number of rotatable bonds is 14. The molecule has 0 aromatic heterocycles. The summed E-state index contributed by atoms with van der Waals surface area (Å²) >= 11 is 0. The number of unbranched alkanes of at least 4 members (excludes halogenated alkanes) is 1. The minimum absolute atomic E-state index is 0.0979. The van der Waals surface area contributed by atoms with Crippen molar-refractivity contribution in [3.8, 4) is 5.75 Å². The maximum Gasteiger partial charge on any atom is 0.407 e. The molecule has 2 amide bonds. The summed E-state index contributed by atoms with van der Waals surface area (Å²) in [5.41, 5.74) is 1.78. The second kappa shape index (κ2) is 13.8. The van der Waals surface area contributed by atoms with Gasteiger partial charge in [-0.3, -0.25) is 9.59 Å². The summed E-state index contributed by atoms with van der Waals surface area (Å²) in [5, 5.41) is 14.9. The summed E-state index contributed by atoms with van der Waals surface area (Å²) in [7, 11) is -3.73. The molecule has 0 saturated carbocycles. The van der Waals surface area contributed by atoms with E-state index in [-0.39, 0.29) is 24.7 Å². The number of carboxylic acids is 1. The summed E-state index contributed by atoms with van der Waals surface area (Å²) in [4.78, 5) is 36.0. The van der Waals surface area contributed by atoms with Gasteiger partial charge in [-0.1, -0.05) is 49.7 Å². The van der Waals surface area contributed by atoms with Gasteiger partial charge in [-0.05, 0) is 48.9 Å². The van der Waals surface area contributed by atoms with Crippen LogP contribution in [-0.4, -0.2) is 55.9 Å². The zero-order chi connectivity index (χ0) is 27.5. The van der Waals surface area contributed by atoms with E-state index in [4.69, 9.17) is 9.47 Å². The number of fused-ring (bicyclic) bond motifs is 1. The van der Waals surface area contributed by atoms with Crippen molar-refractivity contribution < 1.29 is 37.4 Å². The van der Waals surface area contributed by atoms with Gasteiger partial charge in [-0.2, -0.15) is 0 Å². The Labute approximate surface area is 222 Å². The van der Waals surface area contributed by atoms with Crippen LogP contribution < -0.4 is 20.1 Å². The van der Waals surface area contributed by atoms with E-state index in [1.54, 1.807) is 18.2 Å². The molecule has 0 radical (unpaired) electrons. The zero-order valence-electron chi connectivity index (χ0n) is 21.1. The maximum absolute atomic E-state index is 12.5. The van der Waals surface area contributed by atoms with Crippen LogP contribution in [0.15, 0.2) is 48.5 Å². The molecule has 0 fully saturated rings. The van der Waals surface area contributed by atoms with Gasteiger partial charge in [0, 0.05) is 6.54 Å². The number of sulfonamides is 1. The highest BCUT2D eigenvalue weighted by molar-refractivity contribution is 7.89. The number of ether oxygens (including phenoxy) is 2. The Hall–Kier alpha value is -3.64. The summed E-state index contributed by atoms with van der Waals surface area (Å²) in [6.07, 6.45) is 0.526. The van der Waals surface area contributed by atoms with Crippen LogP contribution in [0.25, 0.3) is 0 Å². The summed E-state index contributed by atoms with van der Waals surface area (Å²) in [5.74, 6) is -1.38. The number of nitrogens with one attached hydrogen (secondary N) is 3. The van der Waals surface area contributed by atoms with E-state index in [1.165, 1.54) is 0 Å². The van der Waals surface area contributed by atoms with Gasteiger partial charge >= 0.3 is 12.1 Å². The second-order valence-corrected chi connectivity index (χ2v) is 10.8. The first-order valence-electron chi connectivity index (χ1n) is 12.4. The van der Waals surface area contributed by atoms with E-state index in [0.717, 1.165) is 5.56 Å². The van der Waals surface area contributed by atoms with Crippen molar-refractivity contribution in [2.45, 2.75) is 57.8 Å². The molecule has 1 heterocycles. The van der Waals surface area contributed by atoms with Crippen LogP contribution in [0.1, 0.15) is 43.7 Å². The first kappa shape index (κ1) is 28.9. The van der Waals surface area contributed by atoms with Crippen molar-refractivity contribution in [2.24, 2.45) is 0 Å². The maximum atomic E-state index is 12.5. The van der Waals surface area contributed by atoms with Crippen LogP contribution in [0.2, 0.25) is 0 Å². The van der Waals surface area contributed by atoms with Crippen molar-refractivity contribution in [2.75, 3.05) is 17.6 Å². The fourth-order valence-electron chi connectivity index (χ4n) is 3.79. The first-order chi connectivity index (χ1) is 18.2. The first-order valence-corrected chi connectivity index (χ1v) is 14.1. The summed E-state index contributed by atoms with van der Waals surface area (Å²) in [6, 6.07) is 12.8. The van der Waals surface area contributed by atoms with Crippen molar-refractivity contribution in [3.05, 3.63) is 59.7 Å². The molecule has 0 spiro atoms. The van der Waals surface area contributed by atoms with Gasteiger partial charge in [-0.25, -0.2) is 17.9 Å². The molecule has 1 aliphatic heterocycles. The molecular weight excluding hydrogens is 514 g/mol. The van der Waals surface area contributed by atoms with Gasteiger partial charge in [0.15, 0.2) is 6.10 Å². The lowest BCUT2D eigenvalue weighted by Gasteiger charge is -2.26. The van der Waals surface area contributed by atoms with Gasteiger partial charge < -0.3 is 25.2 Å². The van der Waals surface area contributed by atoms with Crippen molar-refractivity contribution in [1.82, 2.24) is 10.0 Å². The van der Waals surface area contributed by atoms with Gasteiger partial charge in [0.25, 0.3) is 5.91 Å². The van der Waals surface area contributed by atoms with Crippen molar-refractivity contribution in [1.29, 1.82) is 0 Å². The fraction of sp³-hybridized carbons (Fsp3) is 0.423. The molecule has 206 valence electrons. The quantitative estimate of drug-likeness (QED) is 0.263. The lowest BCUT2D eigenvalue weighted by Crippen LogP contribution is -2.43. The normalized spacial score (nSPS) is 15.5. The monoisotopic (exact) mass is 547 g/mol. The summed E-state index contributed by atoms with van der Waals surface area (Å²) < 4.78 is 37.5.